The Kier molecular flexibility index (Phi) is 4.14. The highest BCUT2D eigenvalue weighted by atomic mass is 79.9. The molecule has 5 nitrogen and oxygen atoms in total. The summed E-state index contributed by atoms with van der Waals surface area (Å²) in [6, 6.07) is 4.17. The number of hydrogen-bond acceptors (Lipinski definition) is 4. The maximum atomic E-state index is 13.5. The van der Waals surface area contributed by atoms with Crippen molar-refractivity contribution in [2.75, 3.05) is 4.72 Å². The lowest BCUT2D eigenvalue weighted by atomic mass is 10.2. The molecule has 0 saturated heterocycles. The SMILES string of the molecule is Cc1cc(CS(=O)(=O)Nc2cc(F)c(Br)cc2C)no1. The number of aryl methyl sites for hydroxylation is 2. The van der Waals surface area contributed by atoms with Crippen molar-refractivity contribution in [3.63, 3.8) is 0 Å². The van der Waals surface area contributed by atoms with Gasteiger partial charge >= 0.3 is 0 Å². The molecule has 8 heteroatoms. The highest BCUT2D eigenvalue weighted by Crippen LogP contribution is 2.25. The van der Waals surface area contributed by atoms with Gasteiger partial charge in [0.1, 0.15) is 23.0 Å². The van der Waals surface area contributed by atoms with Gasteiger partial charge in [-0.25, -0.2) is 12.8 Å². The van der Waals surface area contributed by atoms with Crippen molar-refractivity contribution >= 4 is 31.6 Å². The lowest BCUT2D eigenvalue weighted by Gasteiger charge is -2.10. The van der Waals surface area contributed by atoms with Crippen molar-refractivity contribution in [3.8, 4) is 0 Å². The molecule has 1 heterocycles. The van der Waals surface area contributed by atoms with E-state index in [4.69, 9.17) is 4.52 Å². The molecule has 0 aliphatic heterocycles. The smallest absolute Gasteiger partial charge is 0.238 e. The van der Waals surface area contributed by atoms with Crippen LogP contribution in [0.5, 0.6) is 0 Å². The Balaban J connectivity index is 2.22. The Bertz CT molecular complexity index is 743. The molecule has 1 aromatic carbocycles. The van der Waals surface area contributed by atoms with E-state index in [0.29, 0.717) is 17.0 Å². The van der Waals surface area contributed by atoms with Gasteiger partial charge in [0.05, 0.1) is 10.2 Å². The Morgan fingerprint density at radius 3 is 2.65 bits per heavy atom. The van der Waals surface area contributed by atoms with Gasteiger partial charge in [-0.2, -0.15) is 0 Å². The molecule has 1 aromatic heterocycles. The molecule has 0 atom stereocenters. The van der Waals surface area contributed by atoms with Crippen LogP contribution in [0.2, 0.25) is 0 Å². The van der Waals surface area contributed by atoms with E-state index in [1.165, 1.54) is 12.1 Å². The molecule has 0 aliphatic carbocycles. The average Bonchev–Trinajstić information content (AvgIpc) is 2.70. The van der Waals surface area contributed by atoms with E-state index in [-0.39, 0.29) is 15.9 Å². The second-order valence-electron chi connectivity index (χ2n) is 4.37. The van der Waals surface area contributed by atoms with E-state index in [1.807, 2.05) is 0 Å². The van der Waals surface area contributed by atoms with Crippen LogP contribution in [0.1, 0.15) is 17.0 Å². The van der Waals surface area contributed by atoms with Gasteiger partial charge in [-0.1, -0.05) is 5.16 Å². The molecule has 0 unspecified atom stereocenters. The van der Waals surface area contributed by atoms with Crippen molar-refractivity contribution in [3.05, 3.63) is 45.5 Å². The summed E-state index contributed by atoms with van der Waals surface area (Å²) in [6.07, 6.45) is 0. The zero-order chi connectivity index (χ0) is 14.9. The van der Waals surface area contributed by atoms with Crippen LogP contribution >= 0.6 is 15.9 Å². The van der Waals surface area contributed by atoms with E-state index in [0.717, 1.165) is 6.07 Å². The van der Waals surface area contributed by atoms with Crippen molar-refractivity contribution in [2.24, 2.45) is 0 Å². The summed E-state index contributed by atoms with van der Waals surface area (Å²) >= 11 is 3.04. The second kappa shape index (κ2) is 5.53. The van der Waals surface area contributed by atoms with E-state index in [2.05, 4.69) is 25.8 Å². The predicted molar refractivity (Wildman–Crippen MR) is 76.3 cm³/mol. The maximum absolute atomic E-state index is 13.5. The average molecular weight is 363 g/mol. The number of nitrogens with zero attached hydrogens (tertiary/aromatic N) is 1. The third kappa shape index (κ3) is 3.57. The fourth-order valence-electron chi connectivity index (χ4n) is 1.64. The molecule has 0 fully saturated rings. The molecular weight excluding hydrogens is 351 g/mol. The van der Waals surface area contributed by atoms with Crippen LogP contribution in [-0.2, 0) is 15.8 Å². The Hall–Kier alpha value is -1.41. The number of halogens is 2. The third-order valence-electron chi connectivity index (χ3n) is 2.55. The number of benzene rings is 1. The number of anilines is 1. The summed E-state index contributed by atoms with van der Waals surface area (Å²) in [5, 5.41) is 3.62. The van der Waals surface area contributed by atoms with Gasteiger partial charge in [-0.15, -0.1) is 0 Å². The summed E-state index contributed by atoms with van der Waals surface area (Å²) in [7, 11) is -3.68. The van der Waals surface area contributed by atoms with Crippen LogP contribution in [0, 0.1) is 19.7 Å². The number of hydrogen-bond donors (Lipinski definition) is 1. The van der Waals surface area contributed by atoms with Crippen LogP contribution in [0.3, 0.4) is 0 Å². The van der Waals surface area contributed by atoms with Crippen molar-refractivity contribution in [2.45, 2.75) is 19.6 Å². The molecular formula is C12H12BrFN2O3S. The first-order chi connectivity index (χ1) is 9.27. The lowest BCUT2D eigenvalue weighted by molar-refractivity contribution is 0.392. The number of sulfonamides is 1. The number of aromatic nitrogens is 1. The third-order valence-corrected chi connectivity index (χ3v) is 4.36. The van der Waals surface area contributed by atoms with E-state index in [9.17, 15) is 12.8 Å². The Morgan fingerprint density at radius 1 is 1.35 bits per heavy atom. The minimum Gasteiger partial charge on any atom is -0.361 e. The topological polar surface area (TPSA) is 72.2 Å². The van der Waals surface area contributed by atoms with E-state index >= 15 is 0 Å². The van der Waals surface area contributed by atoms with Crippen LogP contribution in [-0.4, -0.2) is 13.6 Å². The molecule has 0 saturated carbocycles. The van der Waals surface area contributed by atoms with Crippen LogP contribution in [0.4, 0.5) is 10.1 Å². The molecule has 0 spiro atoms. The summed E-state index contributed by atoms with van der Waals surface area (Å²) in [5.74, 6) is -0.340. The minimum atomic E-state index is -3.68. The first kappa shape index (κ1) is 15.0. The van der Waals surface area contributed by atoms with Gasteiger partial charge in [0, 0.05) is 6.07 Å². The summed E-state index contributed by atoms with van der Waals surface area (Å²) in [5.41, 5.74) is 1.11. The van der Waals surface area contributed by atoms with Crippen LogP contribution in [0.25, 0.3) is 0 Å². The standard InChI is InChI=1S/C12H12BrFN2O3S/c1-7-3-10(13)11(14)5-12(7)16-20(17,18)6-9-4-8(2)19-15-9/h3-5,16H,6H2,1-2H3. The minimum absolute atomic E-state index is 0.200. The molecule has 1 N–H and O–H groups in total. The molecule has 0 radical (unpaired) electrons. The highest BCUT2D eigenvalue weighted by Gasteiger charge is 2.16. The van der Waals surface area contributed by atoms with Crippen molar-refractivity contribution in [1.82, 2.24) is 5.16 Å². The fraction of sp³-hybridized carbons (Fsp3) is 0.250. The first-order valence-corrected chi connectivity index (χ1v) is 8.10. The second-order valence-corrected chi connectivity index (χ2v) is 6.95. The van der Waals surface area contributed by atoms with E-state index < -0.39 is 15.8 Å². The highest BCUT2D eigenvalue weighted by molar-refractivity contribution is 9.10. The fourth-order valence-corrected chi connectivity index (χ4v) is 3.25. The van der Waals surface area contributed by atoms with Crippen LogP contribution in [0.15, 0.2) is 27.2 Å². The monoisotopic (exact) mass is 362 g/mol. The van der Waals surface area contributed by atoms with Gasteiger partial charge in [-0.05, 0) is 47.5 Å². The first-order valence-electron chi connectivity index (χ1n) is 5.65. The maximum Gasteiger partial charge on any atom is 0.238 e. The molecule has 0 amide bonds. The summed E-state index contributed by atoms with van der Waals surface area (Å²) in [6.45, 7) is 3.35. The molecule has 108 valence electrons. The van der Waals surface area contributed by atoms with Crippen LogP contribution < -0.4 is 4.72 Å². The molecule has 20 heavy (non-hydrogen) atoms. The number of rotatable bonds is 4. The van der Waals surface area contributed by atoms with Gasteiger partial charge in [-0.3, -0.25) is 4.72 Å². The molecule has 2 rings (SSSR count). The Labute approximate surface area is 124 Å². The van der Waals surface area contributed by atoms with E-state index in [1.54, 1.807) is 13.8 Å². The van der Waals surface area contributed by atoms with Gasteiger partial charge < -0.3 is 4.52 Å². The van der Waals surface area contributed by atoms with Gasteiger partial charge in [0.15, 0.2) is 0 Å². The zero-order valence-electron chi connectivity index (χ0n) is 10.8. The van der Waals surface area contributed by atoms with Gasteiger partial charge in [0.2, 0.25) is 10.0 Å². The zero-order valence-corrected chi connectivity index (χ0v) is 13.2. The summed E-state index contributed by atoms with van der Waals surface area (Å²) in [4.78, 5) is 0. The van der Waals surface area contributed by atoms with Crippen molar-refractivity contribution < 1.29 is 17.3 Å². The normalized spacial score (nSPS) is 11.6. The molecule has 0 bridgehead atoms. The van der Waals surface area contributed by atoms with Gasteiger partial charge in [0.25, 0.3) is 0 Å². The predicted octanol–water partition coefficient (Wildman–Crippen LogP) is 3.13. The number of nitrogens with one attached hydrogen (secondary N) is 1. The quantitative estimate of drug-likeness (QED) is 0.906. The molecule has 2 aromatic rings. The largest absolute Gasteiger partial charge is 0.361 e. The summed E-state index contributed by atoms with van der Waals surface area (Å²) < 4.78 is 44.9. The lowest BCUT2D eigenvalue weighted by Crippen LogP contribution is -2.16. The molecule has 0 aliphatic rings. The van der Waals surface area contributed by atoms with Crippen molar-refractivity contribution in [1.29, 1.82) is 0 Å². The Morgan fingerprint density at radius 2 is 2.05 bits per heavy atom.